The summed E-state index contributed by atoms with van der Waals surface area (Å²) in [5.74, 6) is 0. The standard InChI is InChI=1S/C10H14.ClH.H3N/c1-7-5-6-8(2)10(4)9(7)3;;/h5-6H,1-4H3;1H;1H3. The van der Waals surface area contributed by atoms with Crippen molar-refractivity contribution in [3.05, 3.63) is 34.4 Å². The molecule has 70 valence electrons. The number of aryl methyl sites for hydroxylation is 2. The molecule has 0 radical (unpaired) electrons. The maximum absolute atomic E-state index is 2.18. The predicted octanol–water partition coefficient (Wildman–Crippen LogP) is 3.50. The van der Waals surface area contributed by atoms with Crippen molar-refractivity contribution in [2.75, 3.05) is 0 Å². The summed E-state index contributed by atoms with van der Waals surface area (Å²) in [7, 11) is 0. The Bertz CT molecular complexity index is 229. The van der Waals surface area contributed by atoms with E-state index in [9.17, 15) is 0 Å². The van der Waals surface area contributed by atoms with E-state index in [-0.39, 0.29) is 18.6 Å². The van der Waals surface area contributed by atoms with Gasteiger partial charge in [-0.3, -0.25) is 0 Å². The summed E-state index contributed by atoms with van der Waals surface area (Å²) in [5.41, 5.74) is 5.64. The lowest BCUT2D eigenvalue weighted by molar-refractivity contribution is 1.22. The van der Waals surface area contributed by atoms with Crippen LogP contribution in [0.25, 0.3) is 0 Å². The average Bonchev–Trinajstić information content (AvgIpc) is 1.93. The first-order valence-corrected chi connectivity index (χ1v) is 3.66. The number of benzene rings is 1. The lowest BCUT2D eigenvalue weighted by Gasteiger charge is -2.06. The molecule has 0 unspecified atom stereocenters. The maximum atomic E-state index is 2.18. The van der Waals surface area contributed by atoms with Gasteiger partial charge in [0.1, 0.15) is 0 Å². The summed E-state index contributed by atoms with van der Waals surface area (Å²) in [6, 6.07) is 4.36. The zero-order valence-corrected chi connectivity index (χ0v) is 9.09. The van der Waals surface area contributed by atoms with Gasteiger partial charge in [0, 0.05) is 0 Å². The quantitative estimate of drug-likeness (QED) is 0.663. The molecule has 3 N–H and O–H groups in total. The van der Waals surface area contributed by atoms with Crippen LogP contribution < -0.4 is 6.15 Å². The normalized spacial score (nSPS) is 8.33. The van der Waals surface area contributed by atoms with E-state index in [2.05, 4.69) is 39.8 Å². The Hall–Kier alpha value is -0.530. The van der Waals surface area contributed by atoms with Crippen molar-refractivity contribution >= 4 is 12.4 Å². The number of hydrogen-bond acceptors (Lipinski definition) is 1. The van der Waals surface area contributed by atoms with E-state index < -0.39 is 0 Å². The van der Waals surface area contributed by atoms with Gasteiger partial charge in [0.05, 0.1) is 0 Å². The molecule has 0 amide bonds. The van der Waals surface area contributed by atoms with Crippen LogP contribution in [0.15, 0.2) is 12.1 Å². The number of rotatable bonds is 0. The van der Waals surface area contributed by atoms with Gasteiger partial charge in [-0.25, -0.2) is 0 Å². The second-order valence-corrected chi connectivity index (χ2v) is 2.95. The molecular formula is C10H18ClN. The molecular weight excluding hydrogens is 170 g/mol. The van der Waals surface area contributed by atoms with Crippen molar-refractivity contribution in [1.82, 2.24) is 6.15 Å². The first-order valence-electron chi connectivity index (χ1n) is 3.66. The van der Waals surface area contributed by atoms with Gasteiger partial charge in [-0.05, 0) is 49.9 Å². The molecule has 2 heteroatoms. The van der Waals surface area contributed by atoms with Crippen molar-refractivity contribution in [2.45, 2.75) is 27.7 Å². The van der Waals surface area contributed by atoms with Gasteiger partial charge < -0.3 is 6.15 Å². The molecule has 0 aliphatic carbocycles. The van der Waals surface area contributed by atoms with Gasteiger partial charge in [-0.15, -0.1) is 12.4 Å². The molecule has 0 saturated carbocycles. The molecule has 0 aliphatic rings. The summed E-state index contributed by atoms with van der Waals surface area (Å²) < 4.78 is 0. The second kappa shape index (κ2) is 5.18. The third kappa shape index (κ3) is 2.50. The first-order chi connectivity index (χ1) is 4.63. The number of halogens is 1. The predicted molar refractivity (Wildman–Crippen MR) is 57.7 cm³/mol. The van der Waals surface area contributed by atoms with Crippen LogP contribution in [0.3, 0.4) is 0 Å². The zero-order chi connectivity index (χ0) is 7.72. The van der Waals surface area contributed by atoms with Crippen LogP contribution in [-0.4, -0.2) is 0 Å². The molecule has 12 heavy (non-hydrogen) atoms. The third-order valence-electron chi connectivity index (χ3n) is 2.33. The molecule has 0 saturated heterocycles. The Balaban J connectivity index is 0. The molecule has 1 aromatic carbocycles. The van der Waals surface area contributed by atoms with Crippen molar-refractivity contribution in [1.29, 1.82) is 0 Å². The highest BCUT2D eigenvalue weighted by molar-refractivity contribution is 5.85. The van der Waals surface area contributed by atoms with Gasteiger partial charge >= 0.3 is 0 Å². The Morgan fingerprint density at radius 1 is 0.750 bits per heavy atom. The van der Waals surface area contributed by atoms with E-state index >= 15 is 0 Å². The van der Waals surface area contributed by atoms with Crippen molar-refractivity contribution < 1.29 is 0 Å². The largest absolute Gasteiger partial charge is 0.344 e. The molecule has 1 nitrogen and oxygen atoms in total. The zero-order valence-electron chi connectivity index (χ0n) is 8.27. The SMILES string of the molecule is Cc1ccc(C)c(C)c1C.Cl.N. The lowest BCUT2D eigenvalue weighted by Crippen LogP contribution is -1.88. The minimum absolute atomic E-state index is 0. The minimum Gasteiger partial charge on any atom is -0.344 e. The van der Waals surface area contributed by atoms with Crippen LogP contribution >= 0.6 is 12.4 Å². The van der Waals surface area contributed by atoms with Crippen LogP contribution in [0, 0.1) is 27.7 Å². The highest BCUT2D eigenvalue weighted by Gasteiger charge is 1.97. The van der Waals surface area contributed by atoms with Crippen LogP contribution in [0.2, 0.25) is 0 Å². The number of hydrogen-bond donors (Lipinski definition) is 1. The van der Waals surface area contributed by atoms with E-state index in [0.717, 1.165) is 0 Å². The third-order valence-corrected chi connectivity index (χ3v) is 2.33. The van der Waals surface area contributed by atoms with E-state index in [1.807, 2.05) is 0 Å². The minimum atomic E-state index is 0. The van der Waals surface area contributed by atoms with Gasteiger partial charge in [0.25, 0.3) is 0 Å². The van der Waals surface area contributed by atoms with Crippen LogP contribution in [0.1, 0.15) is 22.3 Å². The lowest BCUT2D eigenvalue weighted by atomic mass is 10.0. The first kappa shape index (κ1) is 14.0. The van der Waals surface area contributed by atoms with Crippen molar-refractivity contribution in [3.63, 3.8) is 0 Å². The Morgan fingerprint density at radius 3 is 1.25 bits per heavy atom. The van der Waals surface area contributed by atoms with E-state index in [0.29, 0.717) is 0 Å². The van der Waals surface area contributed by atoms with Crippen LogP contribution in [0.5, 0.6) is 0 Å². The molecule has 0 aliphatic heterocycles. The highest BCUT2D eigenvalue weighted by atomic mass is 35.5. The summed E-state index contributed by atoms with van der Waals surface area (Å²) in [6.07, 6.45) is 0. The van der Waals surface area contributed by atoms with Crippen molar-refractivity contribution in [3.8, 4) is 0 Å². The molecule has 1 rings (SSSR count). The average molecular weight is 188 g/mol. The molecule has 1 aromatic rings. The summed E-state index contributed by atoms with van der Waals surface area (Å²) in [6.45, 7) is 8.67. The molecule has 0 bridgehead atoms. The Kier molecular flexibility index (Phi) is 6.05. The van der Waals surface area contributed by atoms with E-state index in [1.165, 1.54) is 22.3 Å². The Labute approximate surface area is 81.2 Å². The highest BCUT2D eigenvalue weighted by Crippen LogP contribution is 2.15. The molecule has 0 spiro atoms. The van der Waals surface area contributed by atoms with Gasteiger partial charge in [0.2, 0.25) is 0 Å². The maximum Gasteiger partial charge on any atom is -0.0392 e. The smallest absolute Gasteiger partial charge is 0.0392 e. The summed E-state index contributed by atoms with van der Waals surface area (Å²) >= 11 is 0. The fourth-order valence-electron chi connectivity index (χ4n) is 1.09. The Morgan fingerprint density at radius 2 is 1.00 bits per heavy atom. The van der Waals surface area contributed by atoms with Crippen LogP contribution in [-0.2, 0) is 0 Å². The monoisotopic (exact) mass is 187 g/mol. The second-order valence-electron chi connectivity index (χ2n) is 2.95. The van der Waals surface area contributed by atoms with Gasteiger partial charge in [-0.1, -0.05) is 12.1 Å². The molecule has 0 heterocycles. The molecule has 0 fully saturated rings. The van der Waals surface area contributed by atoms with Crippen molar-refractivity contribution in [2.24, 2.45) is 0 Å². The summed E-state index contributed by atoms with van der Waals surface area (Å²) in [4.78, 5) is 0. The van der Waals surface area contributed by atoms with Gasteiger partial charge in [0.15, 0.2) is 0 Å². The molecule has 0 aromatic heterocycles. The summed E-state index contributed by atoms with van der Waals surface area (Å²) in [5, 5.41) is 0. The fourth-order valence-corrected chi connectivity index (χ4v) is 1.09. The fraction of sp³-hybridized carbons (Fsp3) is 0.400. The van der Waals surface area contributed by atoms with E-state index in [4.69, 9.17) is 0 Å². The van der Waals surface area contributed by atoms with Gasteiger partial charge in [-0.2, -0.15) is 0 Å². The molecule has 0 atom stereocenters. The van der Waals surface area contributed by atoms with E-state index in [1.54, 1.807) is 0 Å². The topological polar surface area (TPSA) is 35.0 Å². The van der Waals surface area contributed by atoms with Crippen LogP contribution in [0.4, 0.5) is 0 Å².